The highest BCUT2D eigenvalue weighted by molar-refractivity contribution is 7.98. The SMILES string of the molecule is CSCCC(C)NS(=O)(=O)c1cc2ccccc2o1. The molecule has 0 aliphatic heterocycles. The summed E-state index contributed by atoms with van der Waals surface area (Å²) in [6.45, 7) is 1.86. The molecule has 2 aromatic rings. The van der Waals surface area contributed by atoms with Gasteiger partial charge in [-0.1, -0.05) is 18.2 Å². The first-order valence-corrected chi connectivity index (χ1v) is 8.90. The third-order valence-corrected chi connectivity index (χ3v) is 4.87. The van der Waals surface area contributed by atoms with Crippen LogP contribution in [0.5, 0.6) is 0 Å². The normalized spacial score (nSPS) is 13.8. The van der Waals surface area contributed by atoms with Gasteiger partial charge in [-0.3, -0.25) is 0 Å². The van der Waals surface area contributed by atoms with Crippen LogP contribution < -0.4 is 4.72 Å². The summed E-state index contributed by atoms with van der Waals surface area (Å²) < 4.78 is 32.3. The summed E-state index contributed by atoms with van der Waals surface area (Å²) in [6, 6.07) is 8.70. The molecule has 0 bridgehead atoms. The average Bonchev–Trinajstić information content (AvgIpc) is 2.80. The number of para-hydroxylation sites is 1. The molecule has 19 heavy (non-hydrogen) atoms. The number of fused-ring (bicyclic) bond motifs is 1. The maximum Gasteiger partial charge on any atom is 0.274 e. The molecule has 0 amide bonds. The standard InChI is InChI=1S/C13H17NO3S2/c1-10(7-8-18-2)14-19(15,16)13-9-11-5-3-4-6-12(11)17-13/h3-6,9-10,14H,7-8H2,1-2H3. The van der Waals surface area contributed by atoms with Crippen LogP contribution in [0.25, 0.3) is 11.0 Å². The molecular weight excluding hydrogens is 282 g/mol. The summed E-state index contributed by atoms with van der Waals surface area (Å²) in [4.78, 5) is 0. The molecule has 0 radical (unpaired) electrons. The Morgan fingerprint density at radius 1 is 1.37 bits per heavy atom. The summed E-state index contributed by atoms with van der Waals surface area (Å²) in [6.07, 6.45) is 2.79. The predicted molar refractivity (Wildman–Crippen MR) is 79.0 cm³/mol. The number of nitrogens with one attached hydrogen (secondary N) is 1. The highest BCUT2D eigenvalue weighted by Crippen LogP contribution is 2.22. The zero-order chi connectivity index (χ0) is 13.9. The van der Waals surface area contributed by atoms with Gasteiger partial charge < -0.3 is 4.42 Å². The fourth-order valence-electron chi connectivity index (χ4n) is 1.77. The molecular formula is C13H17NO3S2. The molecule has 4 nitrogen and oxygen atoms in total. The number of sulfonamides is 1. The number of hydrogen-bond donors (Lipinski definition) is 1. The number of benzene rings is 1. The van der Waals surface area contributed by atoms with Gasteiger partial charge in [0.05, 0.1) is 0 Å². The van der Waals surface area contributed by atoms with E-state index in [-0.39, 0.29) is 11.1 Å². The molecule has 0 spiro atoms. The van der Waals surface area contributed by atoms with Crippen LogP contribution in [-0.4, -0.2) is 26.5 Å². The molecule has 0 aliphatic carbocycles. The molecule has 1 heterocycles. The number of thioether (sulfide) groups is 1. The Hall–Kier alpha value is -0.980. The Bertz CT molecular complexity index is 616. The van der Waals surface area contributed by atoms with Gasteiger partial charge in [-0.2, -0.15) is 11.8 Å². The second-order valence-electron chi connectivity index (χ2n) is 4.41. The molecule has 1 unspecified atom stereocenters. The lowest BCUT2D eigenvalue weighted by Crippen LogP contribution is -2.32. The lowest BCUT2D eigenvalue weighted by Gasteiger charge is -2.11. The minimum Gasteiger partial charge on any atom is -0.443 e. The van der Waals surface area contributed by atoms with E-state index in [9.17, 15) is 8.42 Å². The zero-order valence-electron chi connectivity index (χ0n) is 10.9. The quantitative estimate of drug-likeness (QED) is 0.891. The van der Waals surface area contributed by atoms with E-state index < -0.39 is 10.0 Å². The van der Waals surface area contributed by atoms with Gasteiger partial charge in [0, 0.05) is 17.5 Å². The topological polar surface area (TPSA) is 59.3 Å². The van der Waals surface area contributed by atoms with Crippen molar-refractivity contribution in [1.29, 1.82) is 0 Å². The summed E-state index contributed by atoms with van der Waals surface area (Å²) in [5.41, 5.74) is 0.583. The first-order valence-electron chi connectivity index (χ1n) is 6.03. The molecule has 1 aromatic heterocycles. The Morgan fingerprint density at radius 3 is 2.79 bits per heavy atom. The second-order valence-corrected chi connectivity index (χ2v) is 7.04. The molecule has 0 fully saturated rings. The molecule has 1 aromatic carbocycles. The molecule has 104 valence electrons. The van der Waals surface area contributed by atoms with Gasteiger partial charge in [-0.25, -0.2) is 13.1 Å². The van der Waals surface area contributed by atoms with E-state index in [4.69, 9.17) is 4.42 Å². The maximum absolute atomic E-state index is 12.2. The number of rotatable bonds is 6. The predicted octanol–water partition coefficient (Wildman–Crippen LogP) is 2.85. The lowest BCUT2D eigenvalue weighted by atomic mass is 10.3. The highest BCUT2D eigenvalue weighted by Gasteiger charge is 2.21. The van der Waals surface area contributed by atoms with Crippen LogP contribution in [0.4, 0.5) is 0 Å². The third-order valence-electron chi connectivity index (χ3n) is 2.78. The molecule has 1 N–H and O–H groups in total. The van der Waals surface area contributed by atoms with Gasteiger partial charge in [-0.15, -0.1) is 0 Å². The Labute approximate surface area is 117 Å². The summed E-state index contributed by atoms with van der Waals surface area (Å²) in [5.74, 6) is 0.920. The van der Waals surface area contributed by atoms with Crippen molar-refractivity contribution in [3.8, 4) is 0 Å². The fraction of sp³-hybridized carbons (Fsp3) is 0.385. The zero-order valence-corrected chi connectivity index (χ0v) is 12.6. The van der Waals surface area contributed by atoms with E-state index in [1.54, 1.807) is 23.9 Å². The van der Waals surface area contributed by atoms with Crippen molar-refractivity contribution in [3.05, 3.63) is 30.3 Å². The van der Waals surface area contributed by atoms with E-state index in [0.717, 1.165) is 17.6 Å². The van der Waals surface area contributed by atoms with Crippen molar-refractivity contribution in [1.82, 2.24) is 4.72 Å². The number of hydrogen-bond acceptors (Lipinski definition) is 4. The average molecular weight is 299 g/mol. The van der Waals surface area contributed by atoms with Crippen LogP contribution in [0, 0.1) is 0 Å². The van der Waals surface area contributed by atoms with Crippen LogP contribution in [-0.2, 0) is 10.0 Å². The van der Waals surface area contributed by atoms with Crippen LogP contribution >= 0.6 is 11.8 Å². The van der Waals surface area contributed by atoms with Crippen molar-refractivity contribution in [2.45, 2.75) is 24.5 Å². The van der Waals surface area contributed by atoms with E-state index in [0.29, 0.717) is 5.58 Å². The molecule has 0 saturated heterocycles. The Morgan fingerprint density at radius 2 is 2.11 bits per heavy atom. The summed E-state index contributed by atoms with van der Waals surface area (Å²) in [7, 11) is -3.58. The molecule has 6 heteroatoms. The lowest BCUT2D eigenvalue weighted by molar-refractivity contribution is 0.469. The summed E-state index contributed by atoms with van der Waals surface area (Å²) in [5, 5.41) is 0.768. The molecule has 1 atom stereocenters. The van der Waals surface area contributed by atoms with Crippen molar-refractivity contribution in [2.24, 2.45) is 0 Å². The van der Waals surface area contributed by atoms with Crippen molar-refractivity contribution < 1.29 is 12.8 Å². The van der Waals surface area contributed by atoms with Gasteiger partial charge in [-0.05, 0) is 31.4 Å². The highest BCUT2D eigenvalue weighted by atomic mass is 32.2. The van der Waals surface area contributed by atoms with Crippen LogP contribution in [0.1, 0.15) is 13.3 Å². The van der Waals surface area contributed by atoms with E-state index in [2.05, 4.69) is 4.72 Å². The van der Waals surface area contributed by atoms with E-state index in [1.807, 2.05) is 31.4 Å². The van der Waals surface area contributed by atoms with Gasteiger partial charge in [0.25, 0.3) is 10.0 Å². The maximum atomic E-state index is 12.2. The monoisotopic (exact) mass is 299 g/mol. The smallest absolute Gasteiger partial charge is 0.274 e. The summed E-state index contributed by atoms with van der Waals surface area (Å²) >= 11 is 1.70. The second kappa shape index (κ2) is 5.98. The molecule has 0 aliphatic rings. The largest absolute Gasteiger partial charge is 0.443 e. The van der Waals surface area contributed by atoms with Crippen LogP contribution in [0.2, 0.25) is 0 Å². The third kappa shape index (κ3) is 3.52. The van der Waals surface area contributed by atoms with Gasteiger partial charge in [0.1, 0.15) is 5.58 Å². The number of furan rings is 1. The van der Waals surface area contributed by atoms with Gasteiger partial charge in [0.2, 0.25) is 5.09 Å². The van der Waals surface area contributed by atoms with Crippen LogP contribution in [0.3, 0.4) is 0 Å². The Kier molecular flexibility index (Phi) is 4.54. The van der Waals surface area contributed by atoms with Crippen LogP contribution in [0.15, 0.2) is 39.8 Å². The van der Waals surface area contributed by atoms with Crippen molar-refractivity contribution in [2.75, 3.05) is 12.0 Å². The minimum atomic E-state index is -3.58. The van der Waals surface area contributed by atoms with Gasteiger partial charge >= 0.3 is 0 Å². The molecule has 2 rings (SSSR count). The van der Waals surface area contributed by atoms with E-state index in [1.165, 1.54) is 0 Å². The van der Waals surface area contributed by atoms with Crippen molar-refractivity contribution >= 4 is 32.8 Å². The first kappa shape index (κ1) is 14.4. The van der Waals surface area contributed by atoms with E-state index >= 15 is 0 Å². The first-order chi connectivity index (χ1) is 9.03. The Balaban J connectivity index is 2.19. The molecule has 0 saturated carbocycles. The minimum absolute atomic E-state index is 0.0234. The van der Waals surface area contributed by atoms with Crippen molar-refractivity contribution in [3.63, 3.8) is 0 Å². The fourth-order valence-corrected chi connectivity index (χ4v) is 3.60. The van der Waals surface area contributed by atoms with Gasteiger partial charge in [0.15, 0.2) is 0 Å².